The molecule has 0 aliphatic rings. The highest BCUT2D eigenvalue weighted by Crippen LogP contribution is 2.23. The summed E-state index contributed by atoms with van der Waals surface area (Å²) in [5.41, 5.74) is 5.45. The van der Waals surface area contributed by atoms with Crippen LogP contribution in [0.15, 0.2) is 54.6 Å². The number of aromatic nitrogens is 3. The molecule has 0 atom stereocenters. The molecule has 2 aromatic carbocycles. The summed E-state index contributed by atoms with van der Waals surface area (Å²) < 4.78 is 3.82. The monoisotopic (exact) mass is 392 g/mol. The Morgan fingerprint density at radius 2 is 1.93 bits per heavy atom. The van der Waals surface area contributed by atoms with Crippen molar-refractivity contribution in [1.82, 2.24) is 14.3 Å². The second-order valence-electron chi connectivity index (χ2n) is 7.03. The van der Waals surface area contributed by atoms with Crippen LogP contribution < -0.4 is 5.32 Å². The molecule has 28 heavy (non-hydrogen) atoms. The van der Waals surface area contributed by atoms with E-state index in [1.54, 1.807) is 0 Å². The van der Waals surface area contributed by atoms with Gasteiger partial charge in [0.05, 0.1) is 12.2 Å². The Bertz CT molecular complexity index is 1190. The van der Waals surface area contributed by atoms with Crippen LogP contribution in [0.3, 0.4) is 0 Å². The first-order valence-corrected chi connectivity index (χ1v) is 9.45. The van der Waals surface area contributed by atoms with Crippen molar-refractivity contribution in [2.24, 2.45) is 7.05 Å². The standard InChI is InChI=1S/C22H21ClN4O/c1-14-9-15(2)27(25-14)13-16-5-4-6-19(10-16)24-22(28)21-11-17-7-8-18(23)12-20(17)26(21)3/h4-12H,13H2,1-3H3,(H,24,28). The van der Waals surface area contributed by atoms with Crippen LogP contribution in [-0.2, 0) is 13.6 Å². The Balaban J connectivity index is 1.57. The van der Waals surface area contributed by atoms with Crippen molar-refractivity contribution in [1.29, 1.82) is 0 Å². The Morgan fingerprint density at radius 1 is 1.11 bits per heavy atom. The van der Waals surface area contributed by atoms with Gasteiger partial charge < -0.3 is 9.88 Å². The number of nitrogens with zero attached hydrogens (tertiary/aromatic N) is 3. The summed E-state index contributed by atoms with van der Waals surface area (Å²) in [6.07, 6.45) is 0. The largest absolute Gasteiger partial charge is 0.340 e. The number of amides is 1. The van der Waals surface area contributed by atoms with Crippen molar-refractivity contribution < 1.29 is 4.79 Å². The molecule has 1 amide bonds. The first-order chi connectivity index (χ1) is 13.4. The van der Waals surface area contributed by atoms with Gasteiger partial charge in [0.1, 0.15) is 5.69 Å². The third-order valence-corrected chi connectivity index (χ3v) is 5.10. The summed E-state index contributed by atoms with van der Waals surface area (Å²) in [5.74, 6) is -0.155. The van der Waals surface area contributed by atoms with Crippen molar-refractivity contribution in [3.05, 3.63) is 82.3 Å². The van der Waals surface area contributed by atoms with Gasteiger partial charge in [0.2, 0.25) is 0 Å². The van der Waals surface area contributed by atoms with E-state index in [1.165, 1.54) is 0 Å². The van der Waals surface area contributed by atoms with Crippen LogP contribution in [0.4, 0.5) is 5.69 Å². The van der Waals surface area contributed by atoms with Crippen molar-refractivity contribution in [3.8, 4) is 0 Å². The molecule has 1 N–H and O–H groups in total. The zero-order valence-corrected chi connectivity index (χ0v) is 16.8. The highest BCUT2D eigenvalue weighted by molar-refractivity contribution is 6.31. The number of fused-ring (bicyclic) bond motifs is 1. The van der Waals surface area contributed by atoms with Crippen LogP contribution >= 0.6 is 11.6 Å². The van der Waals surface area contributed by atoms with E-state index in [4.69, 9.17) is 11.6 Å². The maximum absolute atomic E-state index is 12.8. The molecule has 0 bridgehead atoms. The number of carbonyl (C=O) groups is 1. The molecular formula is C22H21ClN4O. The van der Waals surface area contributed by atoms with E-state index in [0.717, 1.165) is 33.5 Å². The van der Waals surface area contributed by atoms with E-state index in [2.05, 4.69) is 16.5 Å². The fourth-order valence-corrected chi connectivity index (χ4v) is 3.64. The topological polar surface area (TPSA) is 51.9 Å². The van der Waals surface area contributed by atoms with E-state index in [9.17, 15) is 4.79 Å². The van der Waals surface area contributed by atoms with Gasteiger partial charge in [-0.15, -0.1) is 0 Å². The third kappa shape index (κ3) is 3.53. The van der Waals surface area contributed by atoms with Crippen LogP contribution in [0.2, 0.25) is 5.02 Å². The molecule has 0 radical (unpaired) electrons. The molecule has 4 aromatic rings. The summed E-state index contributed by atoms with van der Waals surface area (Å²) in [6.45, 7) is 4.69. The normalized spacial score (nSPS) is 11.1. The van der Waals surface area contributed by atoms with E-state index < -0.39 is 0 Å². The number of halogens is 1. The number of aryl methyl sites for hydroxylation is 3. The summed E-state index contributed by atoms with van der Waals surface area (Å²) in [4.78, 5) is 12.8. The van der Waals surface area contributed by atoms with Crippen molar-refractivity contribution in [2.75, 3.05) is 5.32 Å². The zero-order valence-electron chi connectivity index (χ0n) is 16.0. The number of benzene rings is 2. The Labute approximate surface area is 168 Å². The third-order valence-electron chi connectivity index (χ3n) is 4.86. The first-order valence-electron chi connectivity index (χ1n) is 9.07. The van der Waals surface area contributed by atoms with Crippen LogP contribution in [0.5, 0.6) is 0 Å². The van der Waals surface area contributed by atoms with E-state index in [0.29, 0.717) is 17.3 Å². The second-order valence-corrected chi connectivity index (χ2v) is 7.47. The molecule has 0 unspecified atom stereocenters. The van der Waals surface area contributed by atoms with Crippen molar-refractivity contribution >= 4 is 34.1 Å². The Kier molecular flexibility index (Phi) is 4.69. The van der Waals surface area contributed by atoms with E-state index >= 15 is 0 Å². The molecule has 0 aliphatic carbocycles. The average molecular weight is 393 g/mol. The fraction of sp³-hybridized carbons (Fsp3) is 0.182. The quantitative estimate of drug-likeness (QED) is 0.534. The summed E-state index contributed by atoms with van der Waals surface area (Å²) in [6, 6.07) is 17.4. The summed E-state index contributed by atoms with van der Waals surface area (Å²) >= 11 is 6.08. The van der Waals surface area contributed by atoms with Crippen LogP contribution in [0.1, 0.15) is 27.4 Å². The van der Waals surface area contributed by atoms with E-state index in [1.807, 2.05) is 78.7 Å². The molecular weight excluding hydrogens is 372 g/mol. The maximum Gasteiger partial charge on any atom is 0.272 e. The first kappa shape index (κ1) is 18.3. The fourth-order valence-electron chi connectivity index (χ4n) is 3.47. The molecule has 0 spiro atoms. The summed E-state index contributed by atoms with van der Waals surface area (Å²) in [5, 5.41) is 9.13. The van der Waals surface area contributed by atoms with Gasteiger partial charge in [0.15, 0.2) is 0 Å². The molecule has 2 aromatic heterocycles. The highest BCUT2D eigenvalue weighted by atomic mass is 35.5. The lowest BCUT2D eigenvalue weighted by Crippen LogP contribution is -2.15. The van der Waals surface area contributed by atoms with Crippen LogP contribution in [0, 0.1) is 13.8 Å². The molecule has 0 saturated carbocycles. The smallest absolute Gasteiger partial charge is 0.272 e. The number of nitrogens with one attached hydrogen (secondary N) is 1. The molecule has 0 fully saturated rings. The van der Waals surface area contributed by atoms with Gasteiger partial charge in [0, 0.05) is 34.4 Å². The van der Waals surface area contributed by atoms with Gasteiger partial charge in [0.25, 0.3) is 5.91 Å². The minimum atomic E-state index is -0.155. The molecule has 0 aliphatic heterocycles. The molecule has 2 heterocycles. The lowest BCUT2D eigenvalue weighted by molar-refractivity contribution is 0.102. The SMILES string of the molecule is Cc1cc(C)n(Cc2cccc(NC(=O)c3cc4ccc(Cl)cc4n3C)c2)n1. The van der Waals surface area contributed by atoms with Gasteiger partial charge in [-0.3, -0.25) is 9.48 Å². The summed E-state index contributed by atoms with van der Waals surface area (Å²) in [7, 11) is 1.87. The van der Waals surface area contributed by atoms with Crippen LogP contribution in [-0.4, -0.2) is 20.3 Å². The van der Waals surface area contributed by atoms with E-state index in [-0.39, 0.29) is 5.91 Å². The highest BCUT2D eigenvalue weighted by Gasteiger charge is 2.14. The van der Waals surface area contributed by atoms with Crippen molar-refractivity contribution in [3.63, 3.8) is 0 Å². The van der Waals surface area contributed by atoms with Gasteiger partial charge in [-0.05, 0) is 55.8 Å². The minimum absolute atomic E-state index is 0.155. The predicted molar refractivity (Wildman–Crippen MR) is 113 cm³/mol. The Morgan fingerprint density at radius 3 is 2.68 bits per heavy atom. The molecule has 4 rings (SSSR count). The molecule has 5 nitrogen and oxygen atoms in total. The molecule has 6 heteroatoms. The van der Waals surface area contributed by atoms with Gasteiger partial charge in [-0.2, -0.15) is 5.10 Å². The number of anilines is 1. The zero-order chi connectivity index (χ0) is 19.8. The van der Waals surface area contributed by atoms with Gasteiger partial charge in [-0.25, -0.2) is 0 Å². The average Bonchev–Trinajstić information content (AvgIpc) is 3.14. The minimum Gasteiger partial charge on any atom is -0.340 e. The van der Waals surface area contributed by atoms with Gasteiger partial charge in [-0.1, -0.05) is 29.8 Å². The Hall–Kier alpha value is -3.05. The predicted octanol–water partition coefficient (Wildman–Crippen LogP) is 4.95. The second kappa shape index (κ2) is 7.17. The van der Waals surface area contributed by atoms with Gasteiger partial charge >= 0.3 is 0 Å². The maximum atomic E-state index is 12.8. The molecule has 142 valence electrons. The van der Waals surface area contributed by atoms with Crippen molar-refractivity contribution in [2.45, 2.75) is 20.4 Å². The lowest BCUT2D eigenvalue weighted by atomic mass is 10.2. The number of carbonyl (C=O) groups excluding carboxylic acids is 1. The number of hydrogen-bond acceptors (Lipinski definition) is 2. The number of hydrogen-bond donors (Lipinski definition) is 1. The molecule has 0 saturated heterocycles. The number of rotatable bonds is 4. The lowest BCUT2D eigenvalue weighted by Gasteiger charge is -2.09. The van der Waals surface area contributed by atoms with Crippen LogP contribution in [0.25, 0.3) is 10.9 Å².